The van der Waals surface area contributed by atoms with Crippen molar-refractivity contribution in [1.82, 2.24) is 0 Å². The van der Waals surface area contributed by atoms with Crippen molar-refractivity contribution in [3.05, 3.63) is 0 Å². The van der Waals surface area contributed by atoms with Crippen LogP contribution in [0.25, 0.3) is 0 Å². The van der Waals surface area contributed by atoms with Gasteiger partial charge in [0.05, 0.1) is 13.2 Å². The van der Waals surface area contributed by atoms with E-state index in [0.29, 0.717) is 19.6 Å². The van der Waals surface area contributed by atoms with E-state index < -0.39 is 12.1 Å². The topological polar surface area (TPSA) is 72.8 Å². The highest BCUT2D eigenvalue weighted by Gasteiger charge is 2.08. The van der Waals surface area contributed by atoms with Crippen LogP contribution < -0.4 is 0 Å². The first-order chi connectivity index (χ1) is 17.0. The van der Waals surface area contributed by atoms with Crippen molar-refractivity contribution in [2.45, 2.75) is 169 Å². The van der Waals surface area contributed by atoms with E-state index >= 15 is 0 Å². The summed E-state index contributed by atoms with van der Waals surface area (Å²) < 4.78 is 9.91. The van der Waals surface area contributed by atoms with Gasteiger partial charge >= 0.3 is 11.9 Å². The fraction of sp³-hybridized carbons (Fsp3) is 0.933. The van der Waals surface area contributed by atoms with Gasteiger partial charge in [-0.25, -0.2) is 4.79 Å². The second-order valence-electron chi connectivity index (χ2n) is 9.82. The summed E-state index contributed by atoms with van der Waals surface area (Å²) in [4.78, 5) is 22.1. The van der Waals surface area contributed by atoms with Crippen LogP contribution in [-0.2, 0) is 19.1 Å². The van der Waals surface area contributed by atoms with Gasteiger partial charge in [-0.15, -0.1) is 0 Å². The minimum Gasteiger partial charge on any atom is -0.466 e. The molecule has 1 unspecified atom stereocenters. The molecule has 0 bridgehead atoms. The number of carbonyl (C=O) groups excluding carboxylic acids is 2. The molecule has 210 valence electrons. The lowest BCUT2D eigenvalue weighted by atomic mass is 10.1. The lowest BCUT2D eigenvalue weighted by Crippen LogP contribution is -2.19. The minimum atomic E-state index is -0.992. The van der Waals surface area contributed by atoms with Crippen LogP contribution in [0.2, 0.25) is 0 Å². The molecule has 0 spiro atoms. The van der Waals surface area contributed by atoms with Crippen LogP contribution in [0.4, 0.5) is 0 Å². The van der Waals surface area contributed by atoms with Gasteiger partial charge < -0.3 is 14.6 Å². The summed E-state index contributed by atoms with van der Waals surface area (Å²) in [5.41, 5.74) is 0. The molecule has 0 fully saturated rings. The third-order valence-electron chi connectivity index (χ3n) is 6.03. The van der Waals surface area contributed by atoms with Crippen LogP contribution in [0.5, 0.6) is 0 Å². The normalized spacial score (nSPS) is 11.5. The molecular formula is C30H60O5. The van der Waals surface area contributed by atoms with Crippen LogP contribution in [0, 0.1) is 0 Å². The number of hydrogen-bond donors (Lipinski definition) is 1. The molecule has 0 aromatic heterocycles. The van der Waals surface area contributed by atoms with Crippen LogP contribution in [0.1, 0.15) is 163 Å². The van der Waals surface area contributed by atoms with Gasteiger partial charge in [0.25, 0.3) is 0 Å². The third kappa shape index (κ3) is 32.9. The first kappa shape index (κ1) is 36.1. The Morgan fingerprint density at radius 2 is 0.943 bits per heavy atom. The maximum Gasteiger partial charge on any atom is 0.334 e. The van der Waals surface area contributed by atoms with Crippen LogP contribution in [-0.4, -0.2) is 36.4 Å². The zero-order valence-electron chi connectivity index (χ0n) is 23.9. The summed E-state index contributed by atoms with van der Waals surface area (Å²) >= 11 is 0. The highest BCUT2D eigenvalue weighted by atomic mass is 16.5. The molecule has 0 radical (unpaired) electrons. The second kappa shape index (κ2) is 30.9. The number of aliphatic hydroxyl groups excluding tert-OH is 1. The van der Waals surface area contributed by atoms with E-state index in [1.54, 1.807) is 0 Å². The SMILES string of the molecule is CCCCCCCCCCCC(=O)OCCC.CCCCCCCCCCCCOC(=O)C(C)O. The third-order valence-corrected chi connectivity index (χ3v) is 6.03. The van der Waals surface area contributed by atoms with E-state index in [0.717, 1.165) is 25.7 Å². The average Bonchev–Trinajstić information content (AvgIpc) is 2.85. The maximum absolute atomic E-state index is 11.2. The summed E-state index contributed by atoms with van der Waals surface area (Å²) in [6.07, 6.45) is 24.8. The van der Waals surface area contributed by atoms with E-state index in [1.165, 1.54) is 110 Å². The lowest BCUT2D eigenvalue weighted by Gasteiger charge is -2.06. The summed E-state index contributed by atoms with van der Waals surface area (Å²) in [5, 5.41) is 8.91. The zero-order valence-corrected chi connectivity index (χ0v) is 23.9. The smallest absolute Gasteiger partial charge is 0.334 e. The molecule has 0 aliphatic rings. The largest absolute Gasteiger partial charge is 0.466 e. The Labute approximate surface area is 218 Å². The highest BCUT2D eigenvalue weighted by Crippen LogP contribution is 2.11. The molecule has 0 heterocycles. The van der Waals surface area contributed by atoms with Crippen molar-refractivity contribution in [3.63, 3.8) is 0 Å². The van der Waals surface area contributed by atoms with Gasteiger partial charge in [0.1, 0.15) is 6.10 Å². The van der Waals surface area contributed by atoms with Crippen LogP contribution >= 0.6 is 0 Å². The van der Waals surface area contributed by atoms with E-state index in [2.05, 4.69) is 13.8 Å². The molecule has 5 heteroatoms. The monoisotopic (exact) mass is 500 g/mol. The number of ether oxygens (including phenoxy) is 2. The van der Waals surface area contributed by atoms with E-state index in [1.807, 2.05) is 6.92 Å². The predicted molar refractivity (Wildman–Crippen MR) is 148 cm³/mol. The molecule has 5 nitrogen and oxygen atoms in total. The average molecular weight is 501 g/mol. The molecule has 0 aliphatic heterocycles. The number of rotatable bonds is 24. The Morgan fingerprint density at radius 3 is 1.34 bits per heavy atom. The van der Waals surface area contributed by atoms with Gasteiger partial charge in [-0.2, -0.15) is 0 Å². The Bertz CT molecular complexity index is 436. The van der Waals surface area contributed by atoms with Crippen molar-refractivity contribution in [2.75, 3.05) is 13.2 Å². The van der Waals surface area contributed by atoms with Crippen molar-refractivity contribution < 1.29 is 24.2 Å². The Morgan fingerprint density at radius 1 is 0.543 bits per heavy atom. The van der Waals surface area contributed by atoms with Gasteiger partial charge in [-0.05, 0) is 26.2 Å². The number of unbranched alkanes of at least 4 members (excludes halogenated alkanes) is 17. The summed E-state index contributed by atoms with van der Waals surface area (Å²) in [6.45, 7) is 8.96. The maximum atomic E-state index is 11.2. The van der Waals surface area contributed by atoms with Crippen molar-refractivity contribution in [2.24, 2.45) is 0 Å². The summed E-state index contributed by atoms with van der Waals surface area (Å²) in [7, 11) is 0. The molecule has 0 saturated carbocycles. The first-order valence-electron chi connectivity index (χ1n) is 15.0. The molecule has 35 heavy (non-hydrogen) atoms. The Balaban J connectivity index is 0. The predicted octanol–water partition coefficient (Wildman–Crippen LogP) is 8.69. The van der Waals surface area contributed by atoms with Crippen molar-refractivity contribution in [3.8, 4) is 0 Å². The standard InChI is InChI=1S/C15H30O3.C15H30O2/c1-3-4-5-6-7-8-9-10-11-12-13-18-15(17)14(2)16;1-3-5-6-7-8-9-10-11-12-13-15(16)17-14-4-2/h14,16H,3-13H2,1-2H3;3-14H2,1-2H3. The molecule has 1 N–H and O–H groups in total. The molecule has 0 aliphatic carbocycles. The molecule has 1 atom stereocenters. The van der Waals surface area contributed by atoms with Crippen LogP contribution in [0.15, 0.2) is 0 Å². The molecule has 0 aromatic rings. The quantitative estimate of drug-likeness (QED) is 0.106. The lowest BCUT2D eigenvalue weighted by molar-refractivity contribution is -0.152. The summed E-state index contributed by atoms with van der Waals surface area (Å²) in [6, 6.07) is 0. The highest BCUT2D eigenvalue weighted by molar-refractivity contribution is 5.73. The number of carbonyl (C=O) groups is 2. The number of hydrogen-bond acceptors (Lipinski definition) is 5. The fourth-order valence-electron chi connectivity index (χ4n) is 3.75. The molecule has 0 saturated heterocycles. The van der Waals surface area contributed by atoms with E-state index in [-0.39, 0.29) is 5.97 Å². The zero-order chi connectivity index (χ0) is 26.4. The van der Waals surface area contributed by atoms with Gasteiger partial charge in [0.15, 0.2) is 0 Å². The second-order valence-corrected chi connectivity index (χ2v) is 9.82. The number of aliphatic hydroxyl groups is 1. The van der Waals surface area contributed by atoms with Crippen LogP contribution in [0.3, 0.4) is 0 Å². The molecule has 0 amide bonds. The number of esters is 2. The fourth-order valence-corrected chi connectivity index (χ4v) is 3.75. The van der Waals surface area contributed by atoms with Gasteiger partial charge in [-0.3, -0.25) is 4.79 Å². The van der Waals surface area contributed by atoms with Crippen molar-refractivity contribution >= 4 is 11.9 Å². The van der Waals surface area contributed by atoms with E-state index in [9.17, 15) is 9.59 Å². The van der Waals surface area contributed by atoms with Gasteiger partial charge in [0, 0.05) is 6.42 Å². The first-order valence-corrected chi connectivity index (χ1v) is 15.0. The Kier molecular flexibility index (Phi) is 31.9. The summed E-state index contributed by atoms with van der Waals surface area (Å²) in [5.74, 6) is -0.527. The van der Waals surface area contributed by atoms with E-state index in [4.69, 9.17) is 14.6 Å². The Hall–Kier alpha value is -1.10. The van der Waals surface area contributed by atoms with Crippen molar-refractivity contribution in [1.29, 1.82) is 0 Å². The van der Waals surface area contributed by atoms with Gasteiger partial charge in [0.2, 0.25) is 0 Å². The minimum absolute atomic E-state index is 0.0187. The molecule has 0 aromatic carbocycles. The molecular weight excluding hydrogens is 440 g/mol. The molecule has 0 rings (SSSR count). The van der Waals surface area contributed by atoms with Gasteiger partial charge in [-0.1, -0.05) is 130 Å².